The summed E-state index contributed by atoms with van der Waals surface area (Å²) >= 11 is 0. The number of hydrogen-bond donors (Lipinski definition) is 1. The molecule has 0 radical (unpaired) electrons. The van der Waals surface area contributed by atoms with Crippen LogP contribution in [0.2, 0.25) is 0 Å². The molecule has 0 aliphatic heterocycles. The number of benzene rings is 2. The summed E-state index contributed by atoms with van der Waals surface area (Å²) in [7, 11) is 0. The molecule has 0 spiro atoms. The molecule has 18 heavy (non-hydrogen) atoms. The van der Waals surface area contributed by atoms with Crippen molar-refractivity contribution in [2.75, 3.05) is 11.9 Å². The van der Waals surface area contributed by atoms with E-state index in [1.165, 1.54) is 5.56 Å². The average Bonchev–Trinajstić information content (AvgIpc) is 2.38. The van der Waals surface area contributed by atoms with E-state index in [9.17, 15) is 4.79 Å². The van der Waals surface area contributed by atoms with Crippen LogP contribution in [0.3, 0.4) is 0 Å². The molecule has 2 heteroatoms. The molecule has 0 saturated carbocycles. The molecule has 1 N–H and O–H groups in total. The van der Waals surface area contributed by atoms with Gasteiger partial charge in [0.25, 0.3) is 0 Å². The van der Waals surface area contributed by atoms with E-state index in [1.54, 1.807) is 0 Å². The largest absolute Gasteiger partial charge is 0.378 e. The molecular formula is C16H17NO. The van der Waals surface area contributed by atoms with Crippen molar-refractivity contribution in [1.29, 1.82) is 0 Å². The first-order valence-corrected chi connectivity index (χ1v) is 6.05. The summed E-state index contributed by atoms with van der Waals surface area (Å²) in [6, 6.07) is 15.7. The van der Waals surface area contributed by atoms with Gasteiger partial charge in [-0.05, 0) is 32.0 Å². The highest BCUT2D eigenvalue weighted by Gasteiger charge is 2.05. The Morgan fingerprint density at radius 3 is 2.39 bits per heavy atom. The van der Waals surface area contributed by atoms with Crippen molar-refractivity contribution in [1.82, 2.24) is 0 Å². The number of anilines is 1. The Hall–Kier alpha value is -2.09. The summed E-state index contributed by atoms with van der Waals surface area (Å²) in [6.07, 6.45) is 0. The molecule has 2 rings (SSSR count). The smallest absolute Gasteiger partial charge is 0.181 e. The monoisotopic (exact) mass is 239 g/mol. The van der Waals surface area contributed by atoms with E-state index < -0.39 is 0 Å². The maximum atomic E-state index is 12.0. The lowest BCUT2D eigenvalue weighted by atomic mass is 10.1. The molecular weight excluding hydrogens is 222 g/mol. The summed E-state index contributed by atoms with van der Waals surface area (Å²) in [6.45, 7) is 4.36. The number of rotatable bonds is 4. The van der Waals surface area contributed by atoms with E-state index in [1.807, 2.05) is 62.4 Å². The van der Waals surface area contributed by atoms with E-state index in [-0.39, 0.29) is 5.78 Å². The zero-order valence-electron chi connectivity index (χ0n) is 10.7. The van der Waals surface area contributed by atoms with Gasteiger partial charge in [-0.1, -0.05) is 41.5 Å². The topological polar surface area (TPSA) is 29.1 Å². The van der Waals surface area contributed by atoms with E-state index in [2.05, 4.69) is 5.32 Å². The number of carbonyl (C=O) groups is 1. The zero-order chi connectivity index (χ0) is 13.0. The van der Waals surface area contributed by atoms with Crippen molar-refractivity contribution >= 4 is 11.5 Å². The Morgan fingerprint density at radius 1 is 1.00 bits per heavy atom. The van der Waals surface area contributed by atoms with E-state index in [0.29, 0.717) is 6.54 Å². The molecule has 2 aromatic carbocycles. The van der Waals surface area contributed by atoms with E-state index in [4.69, 9.17) is 0 Å². The summed E-state index contributed by atoms with van der Waals surface area (Å²) in [4.78, 5) is 12.0. The minimum atomic E-state index is 0.110. The summed E-state index contributed by atoms with van der Waals surface area (Å²) in [5, 5.41) is 3.14. The third-order valence-corrected chi connectivity index (χ3v) is 2.84. The van der Waals surface area contributed by atoms with E-state index in [0.717, 1.165) is 16.8 Å². The third kappa shape index (κ3) is 3.20. The van der Waals surface area contributed by atoms with Gasteiger partial charge in [-0.15, -0.1) is 0 Å². The lowest BCUT2D eigenvalue weighted by Crippen LogP contribution is -2.13. The zero-order valence-corrected chi connectivity index (χ0v) is 10.7. The number of aryl methyl sites for hydroxylation is 2. The lowest BCUT2D eigenvalue weighted by molar-refractivity contribution is 0.101. The number of ketones is 1. The van der Waals surface area contributed by atoms with E-state index >= 15 is 0 Å². The standard InChI is InChI=1S/C16H17NO/c1-12-6-8-15(9-7-12)17-11-16(18)14-5-3-4-13(2)10-14/h3-10,17H,11H2,1-2H3. The Labute approximate surface area is 108 Å². The molecule has 0 heterocycles. The molecule has 0 aromatic heterocycles. The Kier molecular flexibility index (Phi) is 3.78. The van der Waals surface area contributed by atoms with Crippen molar-refractivity contribution in [3.05, 3.63) is 65.2 Å². The predicted octanol–water partition coefficient (Wildman–Crippen LogP) is 3.60. The van der Waals surface area contributed by atoms with Crippen LogP contribution in [0.5, 0.6) is 0 Å². The molecule has 0 saturated heterocycles. The fourth-order valence-electron chi connectivity index (χ4n) is 1.77. The van der Waals surface area contributed by atoms with Crippen LogP contribution < -0.4 is 5.32 Å². The van der Waals surface area contributed by atoms with Crippen molar-refractivity contribution in [3.63, 3.8) is 0 Å². The predicted molar refractivity (Wildman–Crippen MR) is 75.2 cm³/mol. The molecule has 0 aliphatic rings. The normalized spacial score (nSPS) is 10.1. The highest BCUT2D eigenvalue weighted by atomic mass is 16.1. The minimum Gasteiger partial charge on any atom is -0.378 e. The van der Waals surface area contributed by atoms with Gasteiger partial charge in [0.15, 0.2) is 5.78 Å². The van der Waals surface area contributed by atoms with Gasteiger partial charge in [-0.2, -0.15) is 0 Å². The Balaban J connectivity index is 1.98. The quantitative estimate of drug-likeness (QED) is 0.826. The number of hydrogen-bond acceptors (Lipinski definition) is 2. The van der Waals surface area contributed by atoms with Crippen molar-refractivity contribution < 1.29 is 4.79 Å². The van der Waals surface area contributed by atoms with Gasteiger partial charge in [0.05, 0.1) is 6.54 Å². The Morgan fingerprint density at radius 2 is 1.72 bits per heavy atom. The van der Waals surface area contributed by atoms with Crippen LogP contribution in [-0.2, 0) is 0 Å². The van der Waals surface area contributed by atoms with Crippen molar-refractivity contribution in [2.24, 2.45) is 0 Å². The molecule has 0 unspecified atom stereocenters. The maximum absolute atomic E-state index is 12.0. The van der Waals surface area contributed by atoms with Crippen LogP contribution in [0.4, 0.5) is 5.69 Å². The first-order chi connectivity index (χ1) is 8.65. The van der Waals surface area contributed by atoms with Gasteiger partial charge in [-0.3, -0.25) is 4.79 Å². The molecule has 0 atom stereocenters. The first kappa shape index (κ1) is 12.4. The van der Waals surface area contributed by atoms with Gasteiger partial charge < -0.3 is 5.32 Å². The van der Waals surface area contributed by atoms with Crippen LogP contribution in [0, 0.1) is 13.8 Å². The number of Topliss-reactive ketones (excluding diaryl/α,β-unsaturated/α-hetero) is 1. The summed E-state index contributed by atoms with van der Waals surface area (Å²) in [5.74, 6) is 0.110. The molecule has 0 bridgehead atoms. The SMILES string of the molecule is Cc1ccc(NCC(=O)c2cccc(C)c2)cc1. The second kappa shape index (κ2) is 5.50. The highest BCUT2D eigenvalue weighted by molar-refractivity contribution is 5.99. The van der Waals surface area contributed by atoms with Gasteiger partial charge in [0.2, 0.25) is 0 Å². The van der Waals surface area contributed by atoms with Gasteiger partial charge >= 0.3 is 0 Å². The second-order valence-corrected chi connectivity index (χ2v) is 4.51. The molecule has 0 amide bonds. The molecule has 92 valence electrons. The third-order valence-electron chi connectivity index (χ3n) is 2.84. The first-order valence-electron chi connectivity index (χ1n) is 6.05. The van der Waals surface area contributed by atoms with Crippen LogP contribution >= 0.6 is 0 Å². The lowest BCUT2D eigenvalue weighted by Gasteiger charge is -2.06. The summed E-state index contributed by atoms with van der Waals surface area (Å²) < 4.78 is 0. The number of nitrogens with one attached hydrogen (secondary N) is 1. The summed E-state index contributed by atoms with van der Waals surface area (Å²) in [5.41, 5.74) is 4.05. The van der Waals surface area contributed by atoms with Gasteiger partial charge in [-0.25, -0.2) is 0 Å². The van der Waals surface area contributed by atoms with Crippen molar-refractivity contribution in [2.45, 2.75) is 13.8 Å². The van der Waals surface area contributed by atoms with Crippen molar-refractivity contribution in [3.8, 4) is 0 Å². The molecule has 0 fully saturated rings. The maximum Gasteiger partial charge on any atom is 0.181 e. The fraction of sp³-hybridized carbons (Fsp3) is 0.188. The average molecular weight is 239 g/mol. The van der Waals surface area contributed by atoms with Crippen LogP contribution in [0.1, 0.15) is 21.5 Å². The molecule has 2 nitrogen and oxygen atoms in total. The number of carbonyl (C=O) groups excluding carboxylic acids is 1. The molecule has 2 aromatic rings. The fourth-order valence-corrected chi connectivity index (χ4v) is 1.77. The highest BCUT2D eigenvalue weighted by Crippen LogP contribution is 2.09. The van der Waals surface area contributed by atoms with Gasteiger partial charge in [0, 0.05) is 11.3 Å². The van der Waals surface area contributed by atoms with Gasteiger partial charge in [0.1, 0.15) is 0 Å². The van der Waals surface area contributed by atoms with Crippen LogP contribution in [-0.4, -0.2) is 12.3 Å². The minimum absolute atomic E-state index is 0.110. The van der Waals surface area contributed by atoms with Crippen LogP contribution in [0.15, 0.2) is 48.5 Å². The Bertz CT molecular complexity index is 543. The molecule has 0 aliphatic carbocycles. The second-order valence-electron chi connectivity index (χ2n) is 4.51. The van der Waals surface area contributed by atoms with Crippen LogP contribution in [0.25, 0.3) is 0 Å².